The van der Waals surface area contributed by atoms with Gasteiger partial charge in [0.25, 0.3) is 0 Å². The summed E-state index contributed by atoms with van der Waals surface area (Å²) in [4.78, 5) is 0. The van der Waals surface area contributed by atoms with Crippen LogP contribution in [0.1, 0.15) is 0 Å². The van der Waals surface area contributed by atoms with Crippen molar-refractivity contribution in [2.24, 2.45) is 0 Å². The molecule has 5 heteroatoms. The van der Waals surface area contributed by atoms with Gasteiger partial charge in [-0.3, -0.25) is 0 Å². The molecule has 0 spiro atoms. The number of nitrogens with zero attached hydrogens (tertiary/aromatic N) is 1. The van der Waals surface area contributed by atoms with E-state index in [4.69, 9.17) is 10.2 Å². The molecule has 5 nitrogen and oxygen atoms in total. The molecule has 2 aromatic heterocycles. The van der Waals surface area contributed by atoms with Gasteiger partial charge in [0.05, 0.1) is 0 Å². The van der Waals surface area contributed by atoms with Crippen molar-refractivity contribution in [1.82, 2.24) is 4.73 Å². The molecule has 2 heterocycles. The molecule has 0 aliphatic carbocycles. The van der Waals surface area contributed by atoms with Crippen LogP contribution in [-0.2, 0) is 0 Å². The summed E-state index contributed by atoms with van der Waals surface area (Å²) < 4.78 is 6.19. The van der Waals surface area contributed by atoms with Gasteiger partial charge in [0, 0.05) is 19.3 Å². The maximum atomic E-state index is 9.25. The van der Waals surface area contributed by atoms with Crippen molar-refractivity contribution in [3.05, 3.63) is 12.3 Å². The molecule has 0 aliphatic heterocycles. The molecule has 4 N–H and O–H groups in total. The Balaban J connectivity index is 2.80. The first-order chi connectivity index (χ1) is 5.74. The summed E-state index contributed by atoms with van der Waals surface area (Å²) in [5.74, 6) is 0.475. The number of aromatic nitrogens is 1. The fourth-order valence-corrected chi connectivity index (χ4v) is 1.20. The smallest absolute Gasteiger partial charge is 0.218 e. The van der Waals surface area contributed by atoms with Crippen LogP contribution in [0.4, 0.5) is 11.6 Å². The molecule has 0 unspecified atom stereocenters. The van der Waals surface area contributed by atoms with Gasteiger partial charge in [-0.05, 0) is 0 Å². The minimum absolute atomic E-state index is 0.417. The average Bonchev–Trinajstić information content (AvgIpc) is 2.55. The van der Waals surface area contributed by atoms with Crippen LogP contribution in [0.3, 0.4) is 0 Å². The van der Waals surface area contributed by atoms with Gasteiger partial charge in [0.15, 0.2) is 11.1 Å². The Morgan fingerprint density at radius 3 is 3.00 bits per heavy atom. The molecule has 12 heavy (non-hydrogen) atoms. The van der Waals surface area contributed by atoms with Gasteiger partial charge >= 0.3 is 0 Å². The number of furan rings is 1. The van der Waals surface area contributed by atoms with Crippen molar-refractivity contribution in [3.63, 3.8) is 0 Å². The molecule has 2 rings (SSSR count). The number of fused-ring (bicyclic) bond motifs is 1. The summed E-state index contributed by atoms with van der Waals surface area (Å²) in [5.41, 5.74) is 7.14. The van der Waals surface area contributed by atoms with Crippen molar-refractivity contribution < 1.29 is 9.62 Å². The van der Waals surface area contributed by atoms with E-state index in [1.54, 1.807) is 13.1 Å². The Morgan fingerprint density at radius 1 is 1.67 bits per heavy atom. The molecular weight excluding hydrogens is 158 g/mol. The van der Waals surface area contributed by atoms with Gasteiger partial charge in [0.2, 0.25) is 5.88 Å². The second-order valence-electron chi connectivity index (χ2n) is 2.47. The normalized spacial score (nSPS) is 10.8. The second kappa shape index (κ2) is 2.10. The summed E-state index contributed by atoms with van der Waals surface area (Å²) >= 11 is 0. The number of hydrogen-bond donors (Lipinski definition) is 3. The van der Waals surface area contributed by atoms with Gasteiger partial charge in [-0.1, -0.05) is 0 Å². The molecule has 0 fully saturated rings. The number of hydrogen-bond acceptors (Lipinski definition) is 4. The number of anilines is 2. The first-order valence-corrected chi connectivity index (χ1v) is 3.50. The quantitative estimate of drug-likeness (QED) is 0.556. The van der Waals surface area contributed by atoms with Crippen LogP contribution >= 0.6 is 0 Å². The van der Waals surface area contributed by atoms with Crippen LogP contribution in [0.5, 0.6) is 0 Å². The molecule has 0 saturated heterocycles. The molecule has 64 valence electrons. The molecule has 0 radical (unpaired) electrons. The number of nitrogens with two attached hydrogens (primary N) is 1. The molecule has 0 atom stereocenters. The Bertz CT molecular complexity index is 415. The van der Waals surface area contributed by atoms with Crippen molar-refractivity contribution >= 4 is 22.7 Å². The van der Waals surface area contributed by atoms with Crippen LogP contribution in [-0.4, -0.2) is 17.0 Å². The van der Waals surface area contributed by atoms with E-state index in [0.29, 0.717) is 22.7 Å². The van der Waals surface area contributed by atoms with Crippen LogP contribution in [0, 0.1) is 0 Å². The SMILES string of the molecule is CNc1oc2ccn(O)c2c1N. The average molecular weight is 167 g/mol. The van der Waals surface area contributed by atoms with E-state index in [9.17, 15) is 5.21 Å². The van der Waals surface area contributed by atoms with E-state index in [0.717, 1.165) is 4.73 Å². The number of nitrogens with one attached hydrogen (secondary N) is 1. The van der Waals surface area contributed by atoms with Gasteiger partial charge in [-0.25, -0.2) is 0 Å². The Hall–Kier alpha value is -1.78. The zero-order valence-electron chi connectivity index (χ0n) is 6.53. The monoisotopic (exact) mass is 167 g/mol. The molecule has 0 aliphatic rings. The third-order valence-electron chi connectivity index (χ3n) is 1.77. The minimum atomic E-state index is 0.417. The first kappa shape index (κ1) is 6.90. The molecule has 0 amide bonds. The first-order valence-electron chi connectivity index (χ1n) is 3.50. The highest BCUT2D eigenvalue weighted by atomic mass is 16.5. The van der Waals surface area contributed by atoms with Crippen LogP contribution < -0.4 is 11.1 Å². The minimum Gasteiger partial charge on any atom is -0.437 e. The van der Waals surface area contributed by atoms with E-state index in [1.165, 1.54) is 6.20 Å². The van der Waals surface area contributed by atoms with Crippen molar-refractivity contribution in [1.29, 1.82) is 0 Å². The Labute approximate surface area is 68.3 Å². The maximum Gasteiger partial charge on any atom is 0.218 e. The summed E-state index contributed by atoms with van der Waals surface area (Å²) in [7, 11) is 1.70. The third kappa shape index (κ3) is 0.674. The van der Waals surface area contributed by atoms with Gasteiger partial charge in [-0.2, -0.15) is 4.73 Å². The summed E-state index contributed by atoms with van der Waals surface area (Å²) in [6, 6.07) is 1.65. The lowest BCUT2D eigenvalue weighted by Crippen LogP contribution is -1.94. The van der Waals surface area contributed by atoms with E-state index < -0.39 is 0 Å². The zero-order valence-corrected chi connectivity index (χ0v) is 6.53. The fraction of sp³-hybridized carbons (Fsp3) is 0.143. The van der Waals surface area contributed by atoms with Crippen molar-refractivity contribution in [2.75, 3.05) is 18.1 Å². The molecule has 0 bridgehead atoms. The van der Waals surface area contributed by atoms with E-state index >= 15 is 0 Å². The second-order valence-corrected chi connectivity index (χ2v) is 2.47. The predicted molar refractivity (Wildman–Crippen MR) is 45.3 cm³/mol. The molecule has 0 aromatic carbocycles. The highest BCUT2D eigenvalue weighted by Crippen LogP contribution is 2.31. The number of rotatable bonds is 1. The van der Waals surface area contributed by atoms with E-state index in [-0.39, 0.29) is 0 Å². The number of nitrogen functional groups attached to an aromatic ring is 1. The van der Waals surface area contributed by atoms with Gasteiger partial charge in [-0.15, -0.1) is 0 Å². The standard InChI is InChI=1S/C7H9N3O2/c1-9-7-5(8)6-4(12-7)2-3-10(6)11/h2-3,9,11H,8H2,1H3. The third-order valence-corrected chi connectivity index (χ3v) is 1.77. The lowest BCUT2D eigenvalue weighted by Gasteiger charge is -1.94. The highest BCUT2D eigenvalue weighted by Gasteiger charge is 2.13. The van der Waals surface area contributed by atoms with Crippen LogP contribution in [0.2, 0.25) is 0 Å². The van der Waals surface area contributed by atoms with Crippen molar-refractivity contribution in [2.45, 2.75) is 0 Å². The Kier molecular flexibility index (Phi) is 1.21. The molecule has 2 aromatic rings. The predicted octanol–water partition coefficient (Wildman–Crippen LogP) is 1.10. The lowest BCUT2D eigenvalue weighted by atomic mass is 10.4. The molecular formula is C7H9N3O2. The van der Waals surface area contributed by atoms with E-state index in [2.05, 4.69) is 5.32 Å². The topological polar surface area (TPSA) is 76.3 Å². The summed E-state index contributed by atoms with van der Waals surface area (Å²) in [6.45, 7) is 0. The highest BCUT2D eigenvalue weighted by molar-refractivity contribution is 5.93. The lowest BCUT2D eigenvalue weighted by molar-refractivity contribution is 0.200. The Morgan fingerprint density at radius 2 is 2.42 bits per heavy atom. The summed E-state index contributed by atoms with van der Waals surface area (Å²) in [6.07, 6.45) is 1.48. The fourth-order valence-electron chi connectivity index (χ4n) is 1.20. The van der Waals surface area contributed by atoms with Crippen LogP contribution in [0.15, 0.2) is 16.7 Å². The van der Waals surface area contributed by atoms with Crippen LogP contribution in [0.25, 0.3) is 11.1 Å². The largest absolute Gasteiger partial charge is 0.437 e. The van der Waals surface area contributed by atoms with Gasteiger partial charge < -0.3 is 20.7 Å². The van der Waals surface area contributed by atoms with Crippen molar-refractivity contribution in [3.8, 4) is 0 Å². The zero-order chi connectivity index (χ0) is 8.72. The maximum absolute atomic E-state index is 9.25. The summed E-state index contributed by atoms with van der Waals surface area (Å²) in [5, 5.41) is 12.0. The van der Waals surface area contributed by atoms with Gasteiger partial charge in [0.1, 0.15) is 5.69 Å². The molecule has 0 saturated carbocycles. The van der Waals surface area contributed by atoms with E-state index in [1.807, 2.05) is 0 Å².